The standard InChI is InChI=1S/C15H21N3O2/c19-15(12-5-6-12)18-7-1-2-10(9-18)8-13-16-14(17-20-13)11-3-4-11/h10-12H,1-9H2. The van der Waals surface area contributed by atoms with Gasteiger partial charge >= 0.3 is 0 Å². The molecule has 1 aromatic heterocycles. The topological polar surface area (TPSA) is 59.2 Å². The molecular formula is C15H21N3O2. The maximum atomic E-state index is 12.1. The van der Waals surface area contributed by atoms with E-state index in [1.807, 2.05) is 0 Å². The van der Waals surface area contributed by atoms with Gasteiger partial charge in [0, 0.05) is 31.3 Å². The summed E-state index contributed by atoms with van der Waals surface area (Å²) in [5, 5.41) is 4.07. The summed E-state index contributed by atoms with van der Waals surface area (Å²) in [7, 11) is 0. The van der Waals surface area contributed by atoms with Crippen molar-refractivity contribution < 1.29 is 9.32 Å². The molecule has 4 rings (SSSR count). The molecule has 1 unspecified atom stereocenters. The quantitative estimate of drug-likeness (QED) is 0.844. The number of carbonyl (C=O) groups is 1. The highest BCUT2D eigenvalue weighted by Crippen LogP contribution is 2.38. The van der Waals surface area contributed by atoms with Crippen molar-refractivity contribution in [3.05, 3.63) is 11.7 Å². The second-order valence-electron chi connectivity index (χ2n) is 6.59. The zero-order valence-electron chi connectivity index (χ0n) is 11.8. The van der Waals surface area contributed by atoms with E-state index in [4.69, 9.17) is 4.52 Å². The molecule has 0 N–H and O–H groups in total. The number of amides is 1. The first-order valence-electron chi connectivity index (χ1n) is 7.91. The van der Waals surface area contributed by atoms with Gasteiger partial charge in [-0.05, 0) is 44.4 Å². The minimum absolute atomic E-state index is 0.332. The molecule has 3 aliphatic rings. The molecule has 3 fully saturated rings. The van der Waals surface area contributed by atoms with Gasteiger partial charge in [0.25, 0.3) is 0 Å². The first-order chi connectivity index (χ1) is 9.79. The number of nitrogens with zero attached hydrogens (tertiary/aromatic N) is 3. The predicted octanol–water partition coefficient (Wildman–Crippen LogP) is 2.14. The highest BCUT2D eigenvalue weighted by Gasteiger charge is 2.36. The van der Waals surface area contributed by atoms with Crippen LogP contribution in [-0.4, -0.2) is 34.0 Å². The van der Waals surface area contributed by atoms with Crippen LogP contribution in [0, 0.1) is 11.8 Å². The fraction of sp³-hybridized carbons (Fsp3) is 0.800. The Kier molecular flexibility index (Phi) is 3.00. The van der Waals surface area contributed by atoms with E-state index in [1.165, 1.54) is 12.8 Å². The van der Waals surface area contributed by atoms with E-state index in [-0.39, 0.29) is 0 Å². The lowest BCUT2D eigenvalue weighted by Crippen LogP contribution is -2.41. The Morgan fingerprint density at radius 1 is 1.25 bits per heavy atom. The van der Waals surface area contributed by atoms with Crippen molar-refractivity contribution in [2.24, 2.45) is 11.8 Å². The van der Waals surface area contributed by atoms with Gasteiger partial charge in [0.1, 0.15) is 0 Å². The zero-order chi connectivity index (χ0) is 13.5. The van der Waals surface area contributed by atoms with E-state index in [0.29, 0.717) is 23.7 Å². The van der Waals surface area contributed by atoms with Crippen molar-refractivity contribution in [2.45, 2.75) is 50.9 Å². The second-order valence-corrected chi connectivity index (χ2v) is 6.59. The molecule has 2 aliphatic carbocycles. The van der Waals surface area contributed by atoms with Crippen molar-refractivity contribution in [3.63, 3.8) is 0 Å². The highest BCUT2D eigenvalue weighted by atomic mass is 16.5. The van der Waals surface area contributed by atoms with Gasteiger partial charge in [-0.2, -0.15) is 4.98 Å². The van der Waals surface area contributed by atoms with Crippen molar-refractivity contribution in [2.75, 3.05) is 13.1 Å². The third kappa shape index (κ3) is 2.58. The van der Waals surface area contributed by atoms with E-state index in [0.717, 1.165) is 56.9 Å². The second kappa shape index (κ2) is 4.86. The molecule has 1 amide bonds. The number of likely N-dealkylation sites (tertiary alicyclic amines) is 1. The lowest BCUT2D eigenvalue weighted by Gasteiger charge is -2.32. The summed E-state index contributed by atoms with van der Waals surface area (Å²) in [6.45, 7) is 1.81. The molecule has 2 heterocycles. The van der Waals surface area contributed by atoms with Crippen LogP contribution in [0.4, 0.5) is 0 Å². The largest absolute Gasteiger partial charge is 0.342 e. The number of carbonyl (C=O) groups excluding carboxylic acids is 1. The summed E-state index contributed by atoms with van der Waals surface area (Å²) in [6.07, 6.45) is 7.68. The van der Waals surface area contributed by atoms with Gasteiger partial charge in [-0.25, -0.2) is 0 Å². The monoisotopic (exact) mass is 275 g/mol. The molecule has 1 saturated heterocycles. The number of piperidine rings is 1. The van der Waals surface area contributed by atoms with Gasteiger partial charge < -0.3 is 9.42 Å². The Balaban J connectivity index is 1.36. The van der Waals surface area contributed by atoms with Gasteiger partial charge in [-0.1, -0.05) is 5.16 Å². The average Bonchev–Trinajstić information content (AvgIpc) is 3.37. The fourth-order valence-corrected chi connectivity index (χ4v) is 3.13. The van der Waals surface area contributed by atoms with Gasteiger partial charge in [-0.15, -0.1) is 0 Å². The third-order valence-corrected chi connectivity index (χ3v) is 4.65. The summed E-state index contributed by atoms with van der Waals surface area (Å²) in [5.74, 6) is 3.39. The summed E-state index contributed by atoms with van der Waals surface area (Å²) in [4.78, 5) is 18.7. The highest BCUT2D eigenvalue weighted by molar-refractivity contribution is 5.81. The molecule has 1 atom stereocenters. The van der Waals surface area contributed by atoms with Crippen LogP contribution < -0.4 is 0 Å². The summed E-state index contributed by atoms with van der Waals surface area (Å²) in [5.41, 5.74) is 0. The maximum Gasteiger partial charge on any atom is 0.226 e. The Labute approximate surface area is 118 Å². The number of aromatic nitrogens is 2. The Hall–Kier alpha value is -1.39. The first kappa shape index (κ1) is 12.4. The molecular weight excluding hydrogens is 254 g/mol. The molecule has 108 valence electrons. The molecule has 5 nitrogen and oxygen atoms in total. The maximum absolute atomic E-state index is 12.1. The van der Waals surface area contributed by atoms with Crippen LogP contribution in [0.1, 0.15) is 56.2 Å². The number of hydrogen-bond donors (Lipinski definition) is 0. The van der Waals surface area contributed by atoms with Crippen LogP contribution >= 0.6 is 0 Å². The Morgan fingerprint density at radius 2 is 2.10 bits per heavy atom. The van der Waals surface area contributed by atoms with E-state index in [1.54, 1.807) is 0 Å². The van der Waals surface area contributed by atoms with E-state index >= 15 is 0 Å². The molecule has 20 heavy (non-hydrogen) atoms. The summed E-state index contributed by atoms with van der Waals surface area (Å²) in [6, 6.07) is 0. The van der Waals surface area contributed by atoms with E-state index < -0.39 is 0 Å². The van der Waals surface area contributed by atoms with Crippen LogP contribution in [0.2, 0.25) is 0 Å². The fourth-order valence-electron chi connectivity index (χ4n) is 3.13. The molecule has 1 aromatic rings. The Morgan fingerprint density at radius 3 is 2.85 bits per heavy atom. The van der Waals surface area contributed by atoms with Crippen LogP contribution in [0.15, 0.2) is 4.52 Å². The summed E-state index contributed by atoms with van der Waals surface area (Å²) < 4.78 is 5.36. The smallest absolute Gasteiger partial charge is 0.226 e. The molecule has 0 bridgehead atoms. The average molecular weight is 275 g/mol. The predicted molar refractivity (Wildman–Crippen MR) is 72.0 cm³/mol. The van der Waals surface area contributed by atoms with E-state index in [9.17, 15) is 4.79 Å². The molecule has 0 spiro atoms. The van der Waals surface area contributed by atoms with Crippen molar-refractivity contribution in [1.82, 2.24) is 15.0 Å². The molecule has 5 heteroatoms. The van der Waals surface area contributed by atoms with Crippen molar-refractivity contribution >= 4 is 5.91 Å². The lowest BCUT2D eigenvalue weighted by molar-refractivity contribution is -0.134. The SMILES string of the molecule is O=C(C1CC1)N1CCCC(Cc2nc(C3CC3)no2)C1. The normalized spacial score (nSPS) is 26.8. The van der Waals surface area contributed by atoms with Crippen molar-refractivity contribution in [3.8, 4) is 0 Å². The lowest BCUT2D eigenvalue weighted by atomic mass is 9.94. The van der Waals surface area contributed by atoms with Crippen LogP contribution in [0.25, 0.3) is 0 Å². The minimum atomic E-state index is 0.332. The van der Waals surface area contributed by atoms with Crippen LogP contribution in [-0.2, 0) is 11.2 Å². The molecule has 1 aliphatic heterocycles. The molecule has 2 saturated carbocycles. The first-order valence-corrected chi connectivity index (χ1v) is 7.91. The zero-order valence-corrected chi connectivity index (χ0v) is 11.8. The molecule has 0 aromatic carbocycles. The minimum Gasteiger partial charge on any atom is -0.342 e. The van der Waals surface area contributed by atoms with Crippen LogP contribution in [0.5, 0.6) is 0 Å². The van der Waals surface area contributed by atoms with Crippen LogP contribution in [0.3, 0.4) is 0 Å². The van der Waals surface area contributed by atoms with Gasteiger partial charge in [0.2, 0.25) is 11.8 Å². The van der Waals surface area contributed by atoms with E-state index in [2.05, 4.69) is 15.0 Å². The van der Waals surface area contributed by atoms with Gasteiger partial charge in [0.05, 0.1) is 0 Å². The number of hydrogen-bond acceptors (Lipinski definition) is 4. The summed E-state index contributed by atoms with van der Waals surface area (Å²) >= 11 is 0. The molecule has 0 radical (unpaired) electrons. The number of rotatable bonds is 4. The van der Waals surface area contributed by atoms with Gasteiger partial charge in [0.15, 0.2) is 5.82 Å². The van der Waals surface area contributed by atoms with Crippen molar-refractivity contribution in [1.29, 1.82) is 0 Å². The van der Waals surface area contributed by atoms with Gasteiger partial charge in [-0.3, -0.25) is 4.79 Å². The third-order valence-electron chi connectivity index (χ3n) is 4.65. The Bertz CT molecular complexity index is 505.